The maximum Gasteiger partial charge on any atom is 0.257 e. The van der Waals surface area contributed by atoms with E-state index in [0.29, 0.717) is 11.6 Å². The Morgan fingerprint density at radius 2 is 2.32 bits per heavy atom. The third-order valence-electron chi connectivity index (χ3n) is 3.16. The van der Waals surface area contributed by atoms with Crippen LogP contribution in [0.3, 0.4) is 0 Å². The minimum absolute atomic E-state index is 0. The molecule has 1 fully saturated rings. The molecule has 0 spiro atoms. The number of alkyl halides is 2. The van der Waals surface area contributed by atoms with Crippen molar-refractivity contribution in [3.05, 3.63) is 12.4 Å². The molecule has 5 nitrogen and oxygen atoms in total. The van der Waals surface area contributed by atoms with Crippen molar-refractivity contribution < 1.29 is 13.6 Å². The highest BCUT2D eigenvalue weighted by Gasteiger charge is 2.28. The first-order valence-electron chi connectivity index (χ1n) is 5.88. The number of aromatic nitrogens is 2. The van der Waals surface area contributed by atoms with Gasteiger partial charge in [-0.1, -0.05) is 6.92 Å². The molecule has 2 heterocycles. The molecule has 0 aromatic carbocycles. The lowest BCUT2D eigenvalue weighted by molar-refractivity contribution is -0.121. The monoisotopic (exact) mass is 294 g/mol. The van der Waals surface area contributed by atoms with Crippen LogP contribution in [0.15, 0.2) is 12.4 Å². The zero-order chi connectivity index (χ0) is 13.1. The van der Waals surface area contributed by atoms with Gasteiger partial charge in [0.25, 0.3) is 6.43 Å². The van der Waals surface area contributed by atoms with E-state index in [2.05, 4.69) is 15.7 Å². The Balaban J connectivity index is 0.00000180. The topological polar surface area (TPSA) is 59.0 Å². The maximum atomic E-state index is 12.1. The van der Waals surface area contributed by atoms with Gasteiger partial charge in [-0.15, -0.1) is 12.4 Å². The minimum atomic E-state index is -2.45. The highest BCUT2D eigenvalue weighted by atomic mass is 35.5. The van der Waals surface area contributed by atoms with Crippen LogP contribution in [0.1, 0.15) is 6.92 Å². The van der Waals surface area contributed by atoms with Crippen LogP contribution in [0.2, 0.25) is 0 Å². The molecular formula is C11H17ClF2N4O. The molecule has 0 radical (unpaired) electrons. The lowest BCUT2D eigenvalue weighted by Gasteiger charge is -2.31. The summed E-state index contributed by atoms with van der Waals surface area (Å²) in [7, 11) is 0. The van der Waals surface area contributed by atoms with Gasteiger partial charge in [-0.3, -0.25) is 9.48 Å². The zero-order valence-electron chi connectivity index (χ0n) is 10.5. The maximum absolute atomic E-state index is 12.1. The second kappa shape index (κ2) is 6.81. The van der Waals surface area contributed by atoms with Gasteiger partial charge in [0.1, 0.15) is 6.54 Å². The lowest BCUT2D eigenvalue weighted by Crippen LogP contribution is -2.48. The molecule has 0 saturated carbocycles. The van der Waals surface area contributed by atoms with Crippen LogP contribution in [-0.2, 0) is 11.3 Å². The predicted octanol–water partition coefficient (Wildman–Crippen LogP) is 1.36. The summed E-state index contributed by atoms with van der Waals surface area (Å²) in [6, 6.07) is 0. The van der Waals surface area contributed by atoms with Crippen molar-refractivity contribution in [2.75, 3.05) is 18.4 Å². The van der Waals surface area contributed by atoms with Crippen molar-refractivity contribution >= 4 is 24.0 Å². The summed E-state index contributed by atoms with van der Waals surface area (Å²) in [6.45, 7) is 3.10. The van der Waals surface area contributed by atoms with Gasteiger partial charge >= 0.3 is 0 Å². The second-order valence-corrected chi connectivity index (χ2v) is 4.54. The summed E-state index contributed by atoms with van der Waals surface area (Å²) in [5.74, 6) is 0.156. The fourth-order valence-corrected chi connectivity index (χ4v) is 1.80. The van der Waals surface area contributed by atoms with Gasteiger partial charge in [-0.2, -0.15) is 5.10 Å². The molecule has 1 amide bonds. The summed E-state index contributed by atoms with van der Waals surface area (Å²) in [5, 5.41) is 9.55. The Morgan fingerprint density at radius 1 is 1.63 bits per heavy atom. The lowest BCUT2D eigenvalue weighted by atomic mass is 9.88. The van der Waals surface area contributed by atoms with Crippen molar-refractivity contribution in [3.63, 3.8) is 0 Å². The Labute approximate surface area is 116 Å². The SMILES string of the molecule is CC(C(=O)Nc1cnn(CC(F)F)c1)C1CNC1.Cl. The highest BCUT2D eigenvalue weighted by Crippen LogP contribution is 2.18. The van der Waals surface area contributed by atoms with Crippen LogP contribution >= 0.6 is 12.4 Å². The number of rotatable bonds is 5. The fraction of sp³-hybridized carbons (Fsp3) is 0.636. The molecule has 0 bridgehead atoms. The number of nitrogens with zero attached hydrogens (tertiary/aromatic N) is 2. The molecule has 1 aliphatic heterocycles. The summed E-state index contributed by atoms with van der Waals surface area (Å²) < 4.78 is 25.4. The van der Waals surface area contributed by atoms with Crippen molar-refractivity contribution in [1.29, 1.82) is 0 Å². The standard InChI is InChI=1S/C11H16F2N4O.ClH/c1-7(8-2-14-3-8)11(18)16-9-4-15-17(5-9)6-10(12)13;/h4-5,7-8,10,14H,2-3,6H2,1H3,(H,16,18);1H. The Bertz CT molecular complexity index is 423. The van der Waals surface area contributed by atoms with Gasteiger partial charge in [0.2, 0.25) is 5.91 Å². The Morgan fingerprint density at radius 3 is 2.84 bits per heavy atom. The summed E-state index contributed by atoms with van der Waals surface area (Å²) in [5.41, 5.74) is 0.458. The van der Waals surface area contributed by atoms with Gasteiger partial charge in [0, 0.05) is 12.1 Å². The Hall–Kier alpha value is -1.21. The number of hydrogen-bond acceptors (Lipinski definition) is 3. The molecule has 2 rings (SSSR count). The van der Waals surface area contributed by atoms with Crippen molar-refractivity contribution in [1.82, 2.24) is 15.1 Å². The van der Waals surface area contributed by atoms with E-state index < -0.39 is 13.0 Å². The first-order chi connectivity index (χ1) is 8.56. The smallest absolute Gasteiger partial charge is 0.257 e. The quantitative estimate of drug-likeness (QED) is 0.862. The third kappa shape index (κ3) is 4.14. The normalized spacial score (nSPS) is 16.6. The number of amides is 1. The van der Waals surface area contributed by atoms with E-state index in [9.17, 15) is 13.6 Å². The minimum Gasteiger partial charge on any atom is -0.323 e. The number of carbonyl (C=O) groups is 1. The number of carbonyl (C=O) groups excluding carboxylic acids is 1. The average Bonchev–Trinajstić information content (AvgIpc) is 2.61. The molecule has 1 aliphatic rings. The second-order valence-electron chi connectivity index (χ2n) is 4.54. The van der Waals surface area contributed by atoms with E-state index in [-0.39, 0.29) is 24.2 Å². The molecule has 0 aliphatic carbocycles. The van der Waals surface area contributed by atoms with Crippen LogP contribution in [0.25, 0.3) is 0 Å². The van der Waals surface area contributed by atoms with Crippen LogP contribution in [-0.4, -0.2) is 35.2 Å². The zero-order valence-corrected chi connectivity index (χ0v) is 11.3. The molecule has 1 unspecified atom stereocenters. The average molecular weight is 295 g/mol. The molecule has 1 aromatic rings. The number of anilines is 1. The largest absolute Gasteiger partial charge is 0.323 e. The highest BCUT2D eigenvalue weighted by molar-refractivity contribution is 5.92. The van der Waals surface area contributed by atoms with E-state index in [4.69, 9.17) is 0 Å². The van der Waals surface area contributed by atoms with Gasteiger partial charge in [-0.05, 0) is 19.0 Å². The molecule has 19 heavy (non-hydrogen) atoms. The van der Waals surface area contributed by atoms with Crippen LogP contribution in [0.4, 0.5) is 14.5 Å². The predicted molar refractivity (Wildman–Crippen MR) is 69.6 cm³/mol. The number of nitrogens with one attached hydrogen (secondary N) is 2. The summed E-state index contributed by atoms with van der Waals surface area (Å²) >= 11 is 0. The van der Waals surface area contributed by atoms with Gasteiger partial charge < -0.3 is 10.6 Å². The van der Waals surface area contributed by atoms with E-state index in [1.807, 2.05) is 6.92 Å². The first-order valence-corrected chi connectivity index (χ1v) is 5.88. The molecule has 1 aromatic heterocycles. The van der Waals surface area contributed by atoms with E-state index in [1.54, 1.807) is 0 Å². The molecule has 1 saturated heterocycles. The molecule has 1 atom stereocenters. The van der Waals surface area contributed by atoms with Crippen molar-refractivity contribution in [2.45, 2.75) is 19.9 Å². The Kier molecular flexibility index (Phi) is 5.68. The van der Waals surface area contributed by atoms with Gasteiger partial charge in [-0.25, -0.2) is 8.78 Å². The molecular weight excluding hydrogens is 278 g/mol. The molecule has 2 N–H and O–H groups in total. The molecule has 108 valence electrons. The number of hydrogen-bond donors (Lipinski definition) is 2. The third-order valence-corrected chi connectivity index (χ3v) is 3.16. The van der Waals surface area contributed by atoms with E-state index in [1.165, 1.54) is 12.4 Å². The van der Waals surface area contributed by atoms with Crippen LogP contribution in [0, 0.1) is 11.8 Å². The van der Waals surface area contributed by atoms with Crippen LogP contribution in [0.5, 0.6) is 0 Å². The molecule has 8 heteroatoms. The van der Waals surface area contributed by atoms with Crippen LogP contribution < -0.4 is 10.6 Å². The summed E-state index contributed by atoms with van der Waals surface area (Å²) in [6.07, 6.45) is 0.343. The van der Waals surface area contributed by atoms with Gasteiger partial charge in [0.05, 0.1) is 11.9 Å². The van der Waals surface area contributed by atoms with E-state index >= 15 is 0 Å². The number of halogens is 3. The summed E-state index contributed by atoms with van der Waals surface area (Å²) in [4.78, 5) is 11.9. The van der Waals surface area contributed by atoms with Crippen molar-refractivity contribution in [2.24, 2.45) is 11.8 Å². The van der Waals surface area contributed by atoms with E-state index in [0.717, 1.165) is 17.8 Å². The first kappa shape index (κ1) is 15.8. The fourth-order valence-electron chi connectivity index (χ4n) is 1.80. The van der Waals surface area contributed by atoms with Crippen molar-refractivity contribution in [3.8, 4) is 0 Å². The van der Waals surface area contributed by atoms with Gasteiger partial charge in [0.15, 0.2) is 0 Å².